The van der Waals surface area contributed by atoms with Crippen molar-refractivity contribution in [1.82, 2.24) is 5.43 Å². The molecule has 176 valence electrons. The smallest absolute Gasteiger partial charge is 0.240 e. The van der Waals surface area contributed by atoms with Crippen LogP contribution in [0.4, 0.5) is 5.69 Å². The molecule has 0 aromatic heterocycles. The van der Waals surface area contributed by atoms with Crippen molar-refractivity contribution in [2.45, 2.75) is 32.8 Å². The number of nitrogens with one attached hydrogen (secondary N) is 2. The average molecular weight is 498 g/mol. The summed E-state index contributed by atoms with van der Waals surface area (Å²) in [6.07, 6.45) is 2.37. The quantitative estimate of drug-likeness (QED) is 0.260. The number of hydrazone groups is 1. The van der Waals surface area contributed by atoms with Gasteiger partial charge in [0, 0.05) is 28.6 Å². The van der Waals surface area contributed by atoms with Crippen LogP contribution in [-0.2, 0) is 16.2 Å². The normalized spacial score (nSPS) is 10.8. The first-order valence-electron chi connectivity index (χ1n) is 10.7. The van der Waals surface area contributed by atoms with Gasteiger partial charge in [-0.05, 0) is 78.6 Å². The zero-order chi connectivity index (χ0) is 24.3. The van der Waals surface area contributed by atoms with Gasteiger partial charge in [-0.1, -0.05) is 41.4 Å². The Labute approximate surface area is 208 Å². The number of carbonyl (C=O) groups is 2. The number of amides is 2. The van der Waals surface area contributed by atoms with Crippen LogP contribution in [-0.4, -0.2) is 18.0 Å². The molecule has 0 radical (unpaired) electrons. The zero-order valence-electron chi connectivity index (χ0n) is 18.7. The van der Waals surface area contributed by atoms with Gasteiger partial charge in [-0.2, -0.15) is 5.10 Å². The minimum atomic E-state index is -0.258. The number of anilines is 1. The third-order valence-electron chi connectivity index (χ3n) is 4.95. The molecular formula is C26H25Cl2N3O3. The first-order valence-corrected chi connectivity index (χ1v) is 11.5. The lowest BCUT2D eigenvalue weighted by molar-refractivity contribution is -0.121. The van der Waals surface area contributed by atoms with Crippen molar-refractivity contribution in [3.05, 3.63) is 93.5 Å². The van der Waals surface area contributed by atoms with Gasteiger partial charge in [0.2, 0.25) is 11.8 Å². The van der Waals surface area contributed by atoms with Crippen LogP contribution in [0.3, 0.4) is 0 Å². The Bertz CT molecular complexity index is 1150. The predicted molar refractivity (Wildman–Crippen MR) is 137 cm³/mol. The maximum absolute atomic E-state index is 12.1. The maximum atomic E-state index is 12.1. The van der Waals surface area contributed by atoms with Crippen LogP contribution in [0.25, 0.3) is 0 Å². The summed E-state index contributed by atoms with van der Waals surface area (Å²) in [5, 5.41) is 8.06. The van der Waals surface area contributed by atoms with E-state index in [4.69, 9.17) is 27.9 Å². The fourth-order valence-corrected chi connectivity index (χ4v) is 3.30. The van der Waals surface area contributed by atoms with Crippen LogP contribution in [0.2, 0.25) is 10.0 Å². The maximum Gasteiger partial charge on any atom is 0.240 e. The summed E-state index contributed by atoms with van der Waals surface area (Å²) in [5.41, 5.74) is 5.80. The first kappa shape index (κ1) is 25.3. The van der Waals surface area contributed by atoms with Crippen molar-refractivity contribution in [3.8, 4) is 5.75 Å². The van der Waals surface area contributed by atoms with E-state index in [0.29, 0.717) is 28.8 Å². The molecule has 0 unspecified atom stereocenters. The molecule has 0 atom stereocenters. The van der Waals surface area contributed by atoms with Crippen LogP contribution in [0.1, 0.15) is 36.0 Å². The number of hydrogen-bond donors (Lipinski definition) is 2. The van der Waals surface area contributed by atoms with E-state index in [1.807, 2.05) is 55.5 Å². The van der Waals surface area contributed by atoms with Crippen molar-refractivity contribution in [1.29, 1.82) is 0 Å². The summed E-state index contributed by atoms with van der Waals surface area (Å²) in [6, 6.07) is 20.2. The van der Waals surface area contributed by atoms with Gasteiger partial charge in [0.15, 0.2) is 0 Å². The number of rotatable bonds is 10. The lowest BCUT2D eigenvalue weighted by Gasteiger charge is -2.09. The summed E-state index contributed by atoms with van der Waals surface area (Å²) in [7, 11) is 0. The summed E-state index contributed by atoms with van der Waals surface area (Å²) in [6.45, 7) is 2.28. The van der Waals surface area contributed by atoms with Crippen molar-refractivity contribution in [2.24, 2.45) is 5.10 Å². The highest BCUT2D eigenvalue weighted by Gasteiger charge is 2.08. The predicted octanol–water partition coefficient (Wildman–Crippen LogP) is 6.14. The topological polar surface area (TPSA) is 79.8 Å². The van der Waals surface area contributed by atoms with E-state index in [9.17, 15) is 9.59 Å². The van der Waals surface area contributed by atoms with Gasteiger partial charge in [-0.3, -0.25) is 9.59 Å². The molecule has 3 aromatic rings. The third-order valence-corrected chi connectivity index (χ3v) is 5.61. The SMILES string of the molecule is Cc1c(Cl)cccc1NC(=O)CCCC(=O)N/N=C/c1ccc(OCc2ccc(Cl)cc2)cc1. The van der Waals surface area contributed by atoms with Crippen molar-refractivity contribution >= 4 is 46.9 Å². The van der Waals surface area contributed by atoms with E-state index < -0.39 is 0 Å². The van der Waals surface area contributed by atoms with Crippen LogP contribution in [0.15, 0.2) is 71.8 Å². The lowest BCUT2D eigenvalue weighted by atomic mass is 10.2. The van der Waals surface area contributed by atoms with Crippen LogP contribution in [0.5, 0.6) is 5.75 Å². The summed E-state index contributed by atoms with van der Waals surface area (Å²) < 4.78 is 5.75. The van der Waals surface area contributed by atoms with Crippen LogP contribution in [0, 0.1) is 6.92 Å². The van der Waals surface area contributed by atoms with Gasteiger partial charge in [0.05, 0.1) is 6.21 Å². The largest absolute Gasteiger partial charge is 0.489 e. The Morgan fingerprint density at radius 3 is 2.38 bits per heavy atom. The summed E-state index contributed by atoms with van der Waals surface area (Å²) in [4.78, 5) is 24.1. The number of hydrogen-bond acceptors (Lipinski definition) is 4. The Kier molecular flexibility index (Phi) is 9.50. The first-order chi connectivity index (χ1) is 16.4. The zero-order valence-corrected chi connectivity index (χ0v) is 20.2. The molecule has 0 aliphatic rings. The third kappa shape index (κ3) is 8.21. The van der Waals surface area contributed by atoms with E-state index in [1.165, 1.54) is 0 Å². The molecule has 6 nitrogen and oxygen atoms in total. The molecular weight excluding hydrogens is 473 g/mol. The number of carbonyl (C=O) groups excluding carboxylic acids is 2. The van der Waals surface area contributed by atoms with Crippen LogP contribution >= 0.6 is 23.2 Å². The summed E-state index contributed by atoms with van der Waals surface area (Å²) >= 11 is 11.9. The number of benzene rings is 3. The van der Waals surface area contributed by atoms with Crippen molar-refractivity contribution < 1.29 is 14.3 Å². The molecule has 0 aliphatic carbocycles. The highest BCUT2D eigenvalue weighted by molar-refractivity contribution is 6.31. The van der Waals surface area contributed by atoms with Gasteiger partial charge < -0.3 is 10.1 Å². The standard InChI is InChI=1S/C26H25Cl2N3O3/c1-18-23(28)4-2-5-24(18)30-25(32)6-3-7-26(33)31-29-16-19-10-14-22(15-11-19)34-17-20-8-12-21(27)13-9-20/h2,4-5,8-16H,3,6-7,17H2,1H3,(H,30,32)(H,31,33)/b29-16+. The monoisotopic (exact) mass is 497 g/mol. The van der Waals surface area contributed by atoms with E-state index in [-0.39, 0.29) is 24.7 Å². The molecule has 0 saturated heterocycles. The van der Waals surface area contributed by atoms with Crippen molar-refractivity contribution in [3.63, 3.8) is 0 Å². The fraction of sp³-hybridized carbons (Fsp3) is 0.192. The van der Waals surface area contributed by atoms with E-state index in [2.05, 4.69) is 15.8 Å². The molecule has 0 saturated carbocycles. The Morgan fingerprint density at radius 2 is 1.65 bits per heavy atom. The highest BCUT2D eigenvalue weighted by atomic mass is 35.5. The van der Waals surface area contributed by atoms with Gasteiger partial charge in [0.25, 0.3) is 0 Å². The number of ether oxygens (including phenoxy) is 1. The molecule has 3 aromatic carbocycles. The molecule has 2 N–H and O–H groups in total. The molecule has 8 heteroatoms. The second kappa shape index (κ2) is 12.8. The number of halogens is 2. The van der Waals surface area contributed by atoms with Crippen LogP contribution < -0.4 is 15.5 Å². The molecule has 0 fully saturated rings. The molecule has 3 rings (SSSR count). The van der Waals surface area contributed by atoms with E-state index in [0.717, 1.165) is 22.4 Å². The molecule has 34 heavy (non-hydrogen) atoms. The van der Waals surface area contributed by atoms with Gasteiger partial charge in [0.1, 0.15) is 12.4 Å². The van der Waals surface area contributed by atoms with E-state index >= 15 is 0 Å². The van der Waals surface area contributed by atoms with Crippen molar-refractivity contribution in [2.75, 3.05) is 5.32 Å². The summed E-state index contributed by atoms with van der Waals surface area (Å²) in [5.74, 6) is 0.299. The molecule has 2 amide bonds. The van der Waals surface area contributed by atoms with Gasteiger partial charge >= 0.3 is 0 Å². The second-order valence-corrected chi connectivity index (χ2v) is 8.44. The average Bonchev–Trinajstić information content (AvgIpc) is 2.82. The molecule has 0 heterocycles. The number of nitrogens with zero attached hydrogens (tertiary/aromatic N) is 1. The van der Waals surface area contributed by atoms with E-state index in [1.54, 1.807) is 24.4 Å². The lowest BCUT2D eigenvalue weighted by Crippen LogP contribution is -2.18. The fourth-order valence-electron chi connectivity index (χ4n) is 3.00. The Hall–Kier alpha value is -3.35. The molecule has 0 spiro atoms. The Balaban J connectivity index is 1.35. The minimum Gasteiger partial charge on any atom is -0.489 e. The molecule has 0 bridgehead atoms. The van der Waals surface area contributed by atoms with Gasteiger partial charge in [-0.15, -0.1) is 0 Å². The second-order valence-electron chi connectivity index (χ2n) is 7.59. The highest BCUT2D eigenvalue weighted by Crippen LogP contribution is 2.23. The minimum absolute atomic E-state index is 0.167. The Morgan fingerprint density at radius 1 is 0.941 bits per heavy atom. The van der Waals surface area contributed by atoms with Gasteiger partial charge in [-0.25, -0.2) is 5.43 Å². The molecule has 0 aliphatic heterocycles.